The number of aromatic nitrogens is 2. The summed E-state index contributed by atoms with van der Waals surface area (Å²) >= 11 is 1.43. The van der Waals surface area contributed by atoms with E-state index in [4.69, 9.17) is 4.74 Å². The zero-order valence-electron chi connectivity index (χ0n) is 16.2. The number of nitrogens with zero attached hydrogens (tertiary/aromatic N) is 3. The van der Waals surface area contributed by atoms with Gasteiger partial charge in [0.1, 0.15) is 17.0 Å². The van der Waals surface area contributed by atoms with E-state index >= 15 is 0 Å². The topological polar surface area (TPSA) is 79.4 Å². The first-order chi connectivity index (χ1) is 13.2. The van der Waals surface area contributed by atoms with Gasteiger partial charge in [-0.25, -0.2) is 9.97 Å². The Hall–Kier alpha value is -1.77. The first-order valence-corrected chi connectivity index (χ1v) is 10.5. The summed E-state index contributed by atoms with van der Waals surface area (Å²) in [5.74, 6) is 0.773. The molecule has 1 aliphatic heterocycles. The average Bonchev–Trinajstić information content (AvgIpc) is 3.04. The second-order valence-electron chi connectivity index (χ2n) is 6.89. The number of carbonyl (C=O) groups excluding carboxylic acids is 1. The van der Waals surface area contributed by atoms with Crippen molar-refractivity contribution < 1.29 is 9.53 Å². The number of likely N-dealkylation sites (tertiary alicyclic amines) is 1. The van der Waals surface area contributed by atoms with Gasteiger partial charge in [-0.05, 0) is 44.8 Å². The molecule has 7 nitrogen and oxygen atoms in total. The SMILES string of the molecule is COCCCNC(=O)c1sc2ncnc(NCCN3CCCCC3)c2c1C. The summed E-state index contributed by atoms with van der Waals surface area (Å²) in [6.07, 6.45) is 6.31. The van der Waals surface area contributed by atoms with Gasteiger partial charge >= 0.3 is 0 Å². The molecule has 1 saturated heterocycles. The fourth-order valence-corrected chi connectivity index (χ4v) is 4.50. The summed E-state index contributed by atoms with van der Waals surface area (Å²) in [7, 11) is 1.66. The van der Waals surface area contributed by atoms with Crippen molar-refractivity contribution in [3.8, 4) is 0 Å². The first-order valence-electron chi connectivity index (χ1n) is 9.68. The predicted molar refractivity (Wildman–Crippen MR) is 110 cm³/mol. The molecule has 0 aromatic carbocycles. The number of nitrogens with one attached hydrogen (secondary N) is 2. The van der Waals surface area contributed by atoms with Crippen molar-refractivity contribution in [2.45, 2.75) is 32.6 Å². The average molecular weight is 392 g/mol. The maximum atomic E-state index is 12.5. The van der Waals surface area contributed by atoms with Crippen molar-refractivity contribution in [2.24, 2.45) is 0 Å². The minimum absolute atomic E-state index is 0.0501. The molecule has 0 radical (unpaired) electrons. The highest BCUT2D eigenvalue weighted by Crippen LogP contribution is 2.33. The third-order valence-electron chi connectivity index (χ3n) is 4.91. The Balaban J connectivity index is 1.65. The molecule has 0 unspecified atom stereocenters. The normalized spacial score (nSPS) is 15.2. The number of anilines is 1. The zero-order valence-corrected chi connectivity index (χ0v) is 17.0. The highest BCUT2D eigenvalue weighted by molar-refractivity contribution is 7.20. The summed E-state index contributed by atoms with van der Waals surface area (Å²) in [5.41, 5.74) is 0.945. The van der Waals surface area contributed by atoms with Crippen molar-refractivity contribution in [2.75, 3.05) is 51.8 Å². The molecular formula is C19H29N5O2S. The summed E-state index contributed by atoms with van der Waals surface area (Å²) in [4.78, 5) is 25.4. The zero-order chi connectivity index (χ0) is 19.1. The maximum absolute atomic E-state index is 12.5. The lowest BCUT2D eigenvalue weighted by atomic mass is 10.1. The number of methoxy groups -OCH3 is 1. The quantitative estimate of drug-likeness (QED) is 0.640. The third kappa shape index (κ3) is 5.15. The van der Waals surface area contributed by atoms with E-state index in [0.29, 0.717) is 18.0 Å². The number of hydrogen-bond donors (Lipinski definition) is 2. The van der Waals surface area contributed by atoms with Gasteiger partial charge in [-0.15, -0.1) is 11.3 Å². The number of piperidine rings is 1. The van der Waals surface area contributed by atoms with Crippen LogP contribution in [0, 0.1) is 6.92 Å². The molecule has 0 bridgehead atoms. The van der Waals surface area contributed by atoms with Crippen LogP contribution in [-0.4, -0.2) is 67.2 Å². The van der Waals surface area contributed by atoms with Crippen molar-refractivity contribution in [3.05, 3.63) is 16.8 Å². The fourth-order valence-electron chi connectivity index (χ4n) is 3.44. The smallest absolute Gasteiger partial charge is 0.261 e. The number of rotatable bonds is 9. The van der Waals surface area contributed by atoms with Crippen LogP contribution < -0.4 is 10.6 Å². The highest BCUT2D eigenvalue weighted by atomic mass is 32.1. The summed E-state index contributed by atoms with van der Waals surface area (Å²) in [6, 6.07) is 0. The Kier molecular flexibility index (Phi) is 7.37. The Morgan fingerprint density at radius 1 is 1.26 bits per heavy atom. The first kappa shape index (κ1) is 20.0. The third-order valence-corrected chi connectivity index (χ3v) is 6.11. The van der Waals surface area contributed by atoms with Crippen LogP contribution in [0.15, 0.2) is 6.33 Å². The summed E-state index contributed by atoms with van der Waals surface area (Å²) in [5, 5.41) is 7.37. The van der Waals surface area contributed by atoms with Crippen LogP contribution >= 0.6 is 11.3 Å². The Labute approximate surface area is 164 Å². The number of carbonyl (C=O) groups is 1. The lowest BCUT2D eigenvalue weighted by molar-refractivity contribution is 0.0952. The van der Waals surface area contributed by atoms with Crippen LogP contribution in [0.25, 0.3) is 10.2 Å². The molecule has 148 valence electrons. The minimum atomic E-state index is -0.0501. The molecule has 0 saturated carbocycles. The Bertz CT molecular complexity index is 758. The minimum Gasteiger partial charge on any atom is -0.385 e. The van der Waals surface area contributed by atoms with Gasteiger partial charge in [0.2, 0.25) is 0 Å². The molecular weight excluding hydrogens is 362 g/mol. The molecule has 3 rings (SSSR count). The molecule has 0 spiro atoms. The number of ether oxygens (including phenoxy) is 1. The monoisotopic (exact) mass is 391 g/mol. The van der Waals surface area contributed by atoms with Gasteiger partial charge in [-0.2, -0.15) is 0 Å². The van der Waals surface area contributed by atoms with E-state index in [1.807, 2.05) is 6.92 Å². The van der Waals surface area contributed by atoms with Crippen LogP contribution in [0.2, 0.25) is 0 Å². The van der Waals surface area contributed by atoms with Crippen molar-refractivity contribution >= 4 is 33.3 Å². The number of aryl methyl sites for hydroxylation is 1. The molecule has 2 aromatic rings. The van der Waals surface area contributed by atoms with Crippen LogP contribution in [0.4, 0.5) is 5.82 Å². The fraction of sp³-hybridized carbons (Fsp3) is 0.632. The van der Waals surface area contributed by atoms with Crippen molar-refractivity contribution in [1.29, 1.82) is 0 Å². The molecule has 2 aromatic heterocycles. The van der Waals surface area contributed by atoms with Gasteiger partial charge in [0.05, 0.1) is 10.3 Å². The molecule has 1 amide bonds. The van der Waals surface area contributed by atoms with Crippen LogP contribution in [-0.2, 0) is 4.74 Å². The van der Waals surface area contributed by atoms with Gasteiger partial charge in [-0.3, -0.25) is 4.79 Å². The van der Waals surface area contributed by atoms with Crippen LogP contribution in [0.5, 0.6) is 0 Å². The van der Waals surface area contributed by atoms with E-state index in [2.05, 4.69) is 25.5 Å². The largest absolute Gasteiger partial charge is 0.385 e. The van der Waals surface area contributed by atoms with Gasteiger partial charge in [-0.1, -0.05) is 6.42 Å². The lowest BCUT2D eigenvalue weighted by Gasteiger charge is -2.26. The van der Waals surface area contributed by atoms with E-state index in [9.17, 15) is 4.79 Å². The number of hydrogen-bond acceptors (Lipinski definition) is 7. The molecule has 27 heavy (non-hydrogen) atoms. The van der Waals surface area contributed by atoms with Gasteiger partial charge < -0.3 is 20.3 Å². The predicted octanol–water partition coefficient (Wildman–Crippen LogP) is 2.66. The standard InChI is InChI=1S/C19H29N5O2S/c1-14-15-17(20-8-11-24-9-4-3-5-10-24)22-13-23-19(15)27-16(14)18(25)21-7-6-12-26-2/h13H,3-12H2,1-2H3,(H,21,25)(H,20,22,23). The molecule has 1 aliphatic rings. The van der Waals surface area contributed by atoms with Gasteiger partial charge in [0.15, 0.2) is 0 Å². The lowest BCUT2D eigenvalue weighted by Crippen LogP contribution is -2.33. The highest BCUT2D eigenvalue weighted by Gasteiger charge is 2.19. The van der Waals surface area contributed by atoms with E-state index in [1.54, 1.807) is 13.4 Å². The van der Waals surface area contributed by atoms with E-state index in [-0.39, 0.29) is 5.91 Å². The summed E-state index contributed by atoms with van der Waals surface area (Å²) in [6.45, 7) is 7.45. The number of thiophene rings is 1. The molecule has 0 aliphatic carbocycles. The summed E-state index contributed by atoms with van der Waals surface area (Å²) < 4.78 is 5.02. The molecule has 0 atom stereocenters. The van der Waals surface area contributed by atoms with Crippen molar-refractivity contribution in [1.82, 2.24) is 20.2 Å². The van der Waals surface area contributed by atoms with E-state index in [1.165, 1.54) is 43.7 Å². The second-order valence-corrected chi connectivity index (χ2v) is 7.89. The molecule has 8 heteroatoms. The Morgan fingerprint density at radius 2 is 2.07 bits per heavy atom. The van der Waals surface area contributed by atoms with E-state index < -0.39 is 0 Å². The van der Waals surface area contributed by atoms with Gasteiger partial charge in [0.25, 0.3) is 5.91 Å². The maximum Gasteiger partial charge on any atom is 0.261 e. The van der Waals surface area contributed by atoms with Crippen LogP contribution in [0.3, 0.4) is 0 Å². The van der Waals surface area contributed by atoms with Gasteiger partial charge in [0, 0.05) is 33.4 Å². The number of fused-ring (bicyclic) bond motifs is 1. The van der Waals surface area contributed by atoms with E-state index in [0.717, 1.165) is 41.1 Å². The number of amides is 1. The Morgan fingerprint density at radius 3 is 2.85 bits per heavy atom. The van der Waals surface area contributed by atoms with Crippen molar-refractivity contribution in [3.63, 3.8) is 0 Å². The molecule has 1 fully saturated rings. The molecule has 3 heterocycles. The van der Waals surface area contributed by atoms with Crippen LogP contribution in [0.1, 0.15) is 40.9 Å². The molecule has 2 N–H and O–H groups in total. The second kappa shape index (κ2) is 9.96.